The molecule has 2 N–H and O–H groups in total. The maximum Gasteiger partial charge on any atom is 0.255 e. The lowest BCUT2D eigenvalue weighted by Gasteiger charge is -2.39. The summed E-state index contributed by atoms with van der Waals surface area (Å²) >= 11 is 0. The number of aromatic hydroxyl groups is 1. The minimum atomic E-state index is -0.235. The molecule has 1 aromatic carbocycles. The highest BCUT2D eigenvalue weighted by Crippen LogP contribution is 2.35. The SMILES string of the molecule is COc1ccc(O)c(C(=O)NC2CCCCC2(C)C)c1. The molecule has 0 saturated heterocycles. The molecule has 4 heteroatoms. The summed E-state index contributed by atoms with van der Waals surface area (Å²) in [4.78, 5) is 12.4. The molecule has 0 radical (unpaired) electrons. The van der Waals surface area contributed by atoms with Crippen molar-refractivity contribution in [3.8, 4) is 11.5 Å². The Morgan fingerprint density at radius 1 is 1.40 bits per heavy atom. The molecule has 20 heavy (non-hydrogen) atoms. The Morgan fingerprint density at radius 3 is 2.80 bits per heavy atom. The van der Waals surface area contributed by atoms with Gasteiger partial charge in [0.05, 0.1) is 12.7 Å². The van der Waals surface area contributed by atoms with E-state index in [9.17, 15) is 9.90 Å². The smallest absolute Gasteiger partial charge is 0.255 e. The maximum atomic E-state index is 12.4. The summed E-state index contributed by atoms with van der Waals surface area (Å²) in [6.45, 7) is 4.37. The number of hydrogen-bond acceptors (Lipinski definition) is 3. The lowest BCUT2D eigenvalue weighted by Crippen LogP contribution is -2.46. The van der Waals surface area contributed by atoms with Gasteiger partial charge in [0.2, 0.25) is 0 Å². The van der Waals surface area contributed by atoms with Crippen LogP contribution in [0.4, 0.5) is 0 Å². The largest absolute Gasteiger partial charge is 0.507 e. The first-order valence-corrected chi connectivity index (χ1v) is 7.12. The number of methoxy groups -OCH3 is 1. The van der Waals surface area contributed by atoms with Crippen LogP contribution in [0.25, 0.3) is 0 Å². The molecular formula is C16H23NO3. The van der Waals surface area contributed by atoms with E-state index in [0.717, 1.165) is 19.3 Å². The van der Waals surface area contributed by atoms with Crippen molar-refractivity contribution in [2.24, 2.45) is 5.41 Å². The molecule has 1 aliphatic rings. The number of phenolic OH excluding ortho intramolecular Hbond substituents is 1. The minimum Gasteiger partial charge on any atom is -0.507 e. The van der Waals surface area contributed by atoms with E-state index in [0.29, 0.717) is 5.75 Å². The molecule has 0 bridgehead atoms. The van der Waals surface area contributed by atoms with Gasteiger partial charge in [0.1, 0.15) is 11.5 Å². The third-order valence-corrected chi connectivity index (χ3v) is 4.26. The van der Waals surface area contributed by atoms with Crippen LogP contribution in [0.5, 0.6) is 11.5 Å². The zero-order chi connectivity index (χ0) is 14.8. The van der Waals surface area contributed by atoms with Gasteiger partial charge in [-0.1, -0.05) is 26.7 Å². The fraction of sp³-hybridized carbons (Fsp3) is 0.562. The summed E-state index contributed by atoms with van der Waals surface area (Å²) in [5.41, 5.74) is 0.369. The number of carbonyl (C=O) groups is 1. The van der Waals surface area contributed by atoms with Gasteiger partial charge in [-0.3, -0.25) is 4.79 Å². The lowest BCUT2D eigenvalue weighted by atomic mass is 9.73. The number of hydrogen-bond donors (Lipinski definition) is 2. The average molecular weight is 277 g/mol. The number of amides is 1. The molecule has 2 rings (SSSR count). The van der Waals surface area contributed by atoms with Crippen LogP contribution in [0.3, 0.4) is 0 Å². The normalized spacial score (nSPS) is 21.2. The first-order chi connectivity index (χ1) is 9.44. The van der Waals surface area contributed by atoms with Crippen LogP contribution in [0, 0.1) is 5.41 Å². The lowest BCUT2D eigenvalue weighted by molar-refractivity contribution is 0.0850. The number of carbonyl (C=O) groups excluding carboxylic acids is 1. The quantitative estimate of drug-likeness (QED) is 0.892. The molecule has 1 saturated carbocycles. The summed E-state index contributed by atoms with van der Waals surface area (Å²) in [5, 5.41) is 12.9. The topological polar surface area (TPSA) is 58.6 Å². The summed E-state index contributed by atoms with van der Waals surface area (Å²) in [7, 11) is 1.54. The number of nitrogens with one attached hydrogen (secondary N) is 1. The Balaban J connectivity index is 2.15. The van der Waals surface area contributed by atoms with Crippen LogP contribution < -0.4 is 10.1 Å². The molecule has 1 aromatic rings. The van der Waals surface area contributed by atoms with Gasteiger partial charge in [-0.15, -0.1) is 0 Å². The molecule has 0 aromatic heterocycles. The predicted molar refractivity (Wildman–Crippen MR) is 78.2 cm³/mol. The molecule has 1 fully saturated rings. The summed E-state index contributed by atoms with van der Waals surface area (Å²) < 4.78 is 5.10. The van der Waals surface area contributed by atoms with Crippen LogP contribution in [0.15, 0.2) is 18.2 Å². The number of benzene rings is 1. The van der Waals surface area contributed by atoms with Crippen molar-refractivity contribution < 1.29 is 14.6 Å². The van der Waals surface area contributed by atoms with Crippen LogP contribution >= 0.6 is 0 Å². The van der Waals surface area contributed by atoms with E-state index in [1.807, 2.05) is 0 Å². The second-order valence-electron chi connectivity index (χ2n) is 6.14. The third kappa shape index (κ3) is 3.06. The fourth-order valence-electron chi connectivity index (χ4n) is 2.82. The molecular weight excluding hydrogens is 254 g/mol. The number of rotatable bonds is 3. The standard InChI is InChI=1S/C16H23NO3/c1-16(2)9-5-4-6-14(16)17-15(19)12-10-11(20-3)7-8-13(12)18/h7-8,10,14,18H,4-6,9H2,1-3H3,(H,17,19). The van der Waals surface area contributed by atoms with Crippen molar-refractivity contribution in [1.29, 1.82) is 0 Å². The monoisotopic (exact) mass is 277 g/mol. The van der Waals surface area contributed by atoms with Crippen LogP contribution in [-0.4, -0.2) is 24.2 Å². The van der Waals surface area contributed by atoms with Crippen LogP contribution in [-0.2, 0) is 0 Å². The second-order valence-corrected chi connectivity index (χ2v) is 6.14. The molecule has 0 aliphatic heterocycles. The Morgan fingerprint density at radius 2 is 2.15 bits per heavy atom. The van der Waals surface area contributed by atoms with Crippen molar-refractivity contribution in [3.05, 3.63) is 23.8 Å². The molecule has 1 unspecified atom stereocenters. The molecule has 1 amide bonds. The first-order valence-electron chi connectivity index (χ1n) is 7.12. The molecule has 1 aliphatic carbocycles. The van der Waals surface area contributed by atoms with E-state index >= 15 is 0 Å². The van der Waals surface area contributed by atoms with E-state index in [2.05, 4.69) is 19.2 Å². The van der Waals surface area contributed by atoms with Crippen LogP contribution in [0.1, 0.15) is 49.9 Å². The third-order valence-electron chi connectivity index (χ3n) is 4.26. The van der Waals surface area contributed by atoms with Gasteiger partial charge in [0.25, 0.3) is 5.91 Å². The molecule has 4 nitrogen and oxygen atoms in total. The highest BCUT2D eigenvalue weighted by Gasteiger charge is 2.33. The van der Waals surface area contributed by atoms with Gasteiger partial charge in [-0.2, -0.15) is 0 Å². The van der Waals surface area contributed by atoms with Crippen molar-refractivity contribution >= 4 is 5.91 Å². The van der Waals surface area contributed by atoms with Gasteiger partial charge in [-0.25, -0.2) is 0 Å². The van der Waals surface area contributed by atoms with Gasteiger partial charge in [-0.05, 0) is 36.5 Å². The van der Waals surface area contributed by atoms with Crippen molar-refractivity contribution in [2.45, 2.75) is 45.6 Å². The predicted octanol–water partition coefficient (Wildman–Crippen LogP) is 3.10. The highest BCUT2D eigenvalue weighted by molar-refractivity contribution is 5.97. The molecule has 0 spiro atoms. The fourth-order valence-corrected chi connectivity index (χ4v) is 2.82. The van der Waals surface area contributed by atoms with E-state index in [-0.39, 0.29) is 28.7 Å². The maximum absolute atomic E-state index is 12.4. The summed E-state index contributed by atoms with van der Waals surface area (Å²) in [6, 6.07) is 4.84. The van der Waals surface area contributed by atoms with Gasteiger partial charge in [0, 0.05) is 6.04 Å². The Labute approximate surface area is 120 Å². The molecule has 1 atom stereocenters. The van der Waals surface area contributed by atoms with E-state index < -0.39 is 0 Å². The highest BCUT2D eigenvalue weighted by atomic mass is 16.5. The Hall–Kier alpha value is -1.71. The summed E-state index contributed by atoms with van der Waals surface area (Å²) in [6.07, 6.45) is 4.45. The van der Waals surface area contributed by atoms with Crippen molar-refractivity contribution in [3.63, 3.8) is 0 Å². The minimum absolute atomic E-state index is 0.0167. The first kappa shape index (κ1) is 14.7. The number of ether oxygens (including phenoxy) is 1. The van der Waals surface area contributed by atoms with Crippen molar-refractivity contribution in [1.82, 2.24) is 5.32 Å². The van der Waals surface area contributed by atoms with Gasteiger partial charge < -0.3 is 15.2 Å². The van der Waals surface area contributed by atoms with Crippen molar-refractivity contribution in [2.75, 3.05) is 7.11 Å². The molecule has 0 heterocycles. The zero-order valence-electron chi connectivity index (χ0n) is 12.4. The molecule has 110 valence electrons. The Bertz CT molecular complexity index is 496. The summed E-state index contributed by atoms with van der Waals surface area (Å²) in [5.74, 6) is 0.314. The van der Waals surface area contributed by atoms with Crippen LogP contribution in [0.2, 0.25) is 0 Å². The van der Waals surface area contributed by atoms with Gasteiger partial charge in [0.15, 0.2) is 0 Å². The van der Waals surface area contributed by atoms with Gasteiger partial charge >= 0.3 is 0 Å². The Kier molecular flexibility index (Phi) is 4.21. The number of phenols is 1. The van der Waals surface area contributed by atoms with E-state index in [4.69, 9.17) is 4.74 Å². The second kappa shape index (κ2) is 5.73. The van der Waals surface area contributed by atoms with E-state index in [1.165, 1.54) is 19.6 Å². The average Bonchev–Trinajstić information content (AvgIpc) is 2.41. The zero-order valence-corrected chi connectivity index (χ0v) is 12.4. The van der Waals surface area contributed by atoms with E-state index in [1.54, 1.807) is 12.1 Å².